The van der Waals surface area contributed by atoms with Crippen molar-refractivity contribution in [1.82, 2.24) is 24.4 Å². The molecule has 1 saturated heterocycles. The highest BCUT2D eigenvalue weighted by Gasteiger charge is 2.25. The smallest absolute Gasteiger partial charge is 0.136 e. The average Bonchev–Trinajstić information content (AvgIpc) is 3.08. The molecule has 2 aromatic rings. The van der Waals surface area contributed by atoms with E-state index in [-0.39, 0.29) is 6.10 Å². The minimum atomic E-state index is 0.0231. The van der Waals surface area contributed by atoms with Gasteiger partial charge in [0.1, 0.15) is 17.8 Å². The Balaban J connectivity index is 1.67. The summed E-state index contributed by atoms with van der Waals surface area (Å²) in [5, 5.41) is 0. The molecule has 1 fully saturated rings. The number of ether oxygens (including phenoxy) is 1. The molecule has 0 amide bonds. The van der Waals surface area contributed by atoms with E-state index in [4.69, 9.17) is 4.74 Å². The van der Waals surface area contributed by atoms with Crippen LogP contribution in [0.15, 0.2) is 18.6 Å². The maximum atomic E-state index is 5.84. The zero-order valence-corrected chi connectivity index (χ0v) is 12.9. The van der Waals surface area contributed by atoms with Crippen LogP contribution >= 0.6 is 0 Å². The summed E-state index contributed by atoms with van der Waals surface area (Å²) in [7, 11) is 0. The predicted octanol–water partition coefficient (Wildman–Crippen LogP) is 2.07. The molecule has 0 saturated carbocycles. The van der Waals surface area contributed by atoms with Gasteiger partial charge in [-0.25, -0.2) is 9.97 Å². The molecule has 1 aliphatic heterocycles. The highest BCUT2D eigenvalue weighted by atomic mass is 16.5. The van der Waals surface area contributed by atoms with Gasteiger partial charge in [-0.3, -0.25) is 4.90 Å². The lowest BCUT2D eigenvalue weighted by Gasteiger charge is -2.32. The van der Waals surface area contributed by atoms with E-state index in [0.29, 0.717) is 6.04 Å². The van der Waals surface area contributed by atoms with E-state index < -0.39 is 0 Å². The maximum Gasteiger partial charge on any atom is 0.136 e. The molecular formula is C15H23N5O. The van der Waals surface area contributed by atoms with E-state index in [1.54, 1.807) is 0 Å². The summed E-state index contributed by atoms with van der Waals surface area (Å²) in [5.74, 6) is 2.03. The van der Waals surface area contributed by atoms with Crippen molar-refractivity contribution in [3.63, 3.8) is 0 Å². The first-order chi connectivity index (χ1) is 10.1. The van der Waals surface area contributed by atoms with Crippen LogP contribution in [0.5, 0.6) is 0 Å². The van der Waals surface area contributed by atoms with Crippen molar-refractivity contribution >= 4 is 0 Å². The number of hydrogen-bond donors (Lipinski definition) is 1. The van der Waals surface area contributed by atoms with Crippen molar-refractivity contribution in [2.24, 2.45) is 0 Å². The van der Waals surface area contributed by atoms with Gasteiger partial charge in [0.05, 0.1) is 13.2 Å². The van der Waals surface area contributed by atoms with Gasteiger partial charge in [0.2, 0.25) is 0 Å². The Morgan fingerprint density at radius 3 is 3.00 bits per heavy atom. The molecule has 6 nitrogen and oxygen atoms in total. The fourth-order valence-electron chi connectivity index (χ4n) is 2.74. The van der Waals surface area contributed by atoms with Gasteiger partial charge in [0.25, 0.3) is 0 Å². The molecule has 114 valence electrons. The standard InChI is InChI=1S/C15H23N5O/c1-11(2)20-5-4-16-14(20)10-19-6-7-21-13(9-19)15-17-8-12(3)18-15/h4-5,8,11,13H,6-7,9-10H2,1-3H3,(H,17,18)/t13-/m0/s1. The van der Waals surface area contributed by atoms with Crippen LogP contribution in [0.3, 0.4) is 0 Å². The minimum absolute atomic E-state index is 0.0231. The number of rotatable bonds is 4. The number of imidazole rings is 2. The van der Waals surface area contributed by atoms with Crippen LogP contribution in [0.25, 0.3) is 0 Å². The maximum absolute atomic E-state index is 5.84. The lowest BCUT2D eigenvalue weighted by atomic mass is 10.2. The Bertz CT molecular complexity index is 588. The molecule has 0 aliphatic carbocycles. The van der Waals surface area contributed by atoms with E-state index in [1.165, 1.54) is 0 Å². The molecule has 21 heavy (non-hydrogen) atoms. The van der Waals surface area contributed by atoms with Crippen LogP contribution in [0.1, 0.15) is 43.3 Å². The van der Waals surface area contributed by atoms with Crippen molar-refractivity contribution in [2.75, 3.05) is 19.7 Å². The Morgan fingerprint density at radius 2 is 2.29 bits per heavy atom. The summed E-state index contributed by atoms with van der Waals surface area (Å²) in [4.78, 5) is 14.5. The zero-order chi connectivity index (χ0) is 14.8. The summed E-state index contributed by atoms with van der Waals surface area (Å²) in [6, 6.07) is 0.437. The molecule has 0 radical (unpaired) electrons. The topological polar surface area (TPSA) is 59.0 Å². The first kappa shape index (κ1) is 14.3. The van der Waals surface area contributed by atoms with Crippen molar-refractivity contribution in [3.8, 4) is 0 Å². The highest BCUT2D eigenvalue weighted by molar-refractivity contribution is 5.03. The van der Waals surface area contributed by atoms with Crippen LogP contribution in [0.4, 0.5) is 0 Å². The molecule has 0 unspecified atom stereocenters. The van der Waals surface area contributed by atoms with Crippen LogP contribution in [-0.2, 0) is 11.3 Å². The van der Waals surface area contributed by atoms with Gasteiger partial charge in [-0.2, -0.15) is 0 Å². The third kappa shape index (κ3) is 3.16. The molecule has 0 spiro atoms. The lowest BCUT2D eigenvalue weighted by Crippen LogP contribution is -2.38. The zero-order valence-electron chi connectivity index (χ0n) is 12.9. The fraction of sp³-hybridized carbons (Fsp3) is 0.600. The molecule has 0 aromatic carbocycles. The van der Waals surface area contributed by atoms with E-state index in [1.807, 2.05) is 25.5 Å². The second-order valence-corrected chi connectivity index (χ2v) is 5.89. The normalized spacial score (nSPS) is 20.3. The van der Waals surface area contributed by atoms with Gasteiger partial charge in [-0.1, -0.05) is 0 Å². The van der Waals surface area contributed by atoms with Crippen LogP contribution < -0.4 is 0 Å². The Kier molecular flexibility index (Phi) is 4.07. The van der Waals surface area contributed by atoms with Gasteiger partial charge in [0.15, 0.2) is 0 Å². The third-order valence-corrected chi connectivity index (χ3v) is 3.85. The van der Waals surface area contributed by atoms with E-state index in [0.717, 1.165) is 43.6 Å². The summed E-state index contributed by atoms with van der Waals surface area (Å²) in [5.41, 5.74) is 1.07. The van der Waals surface area contributed by atoms with Gasteiger partial charge < -0.3 is 14.3 Å². The van der Waals surface area contributed by atoms with Gasteiger partial charge >= 0.3 is 0 Å². The van der Waals surface area contributed by atoms with Gasteiger partial charge in [-0.15, -0.1) is 0 Å². The first-order valence-corrected chi connectivity index (χ1v) is 7.50. The van der Waals surface area contributed by atoms with Crippen LogP contribution in [-0.4, -0.2) is 44.1 Å². The van der Waals surface area contributed by atoms with Crippen molar-refractivity contribution in [2.45, 2.75) is 39.5 Å². The molecule has 2 aromatic heterocycles. The quantitative estimate of drug-likeness (QED) is 0.936. The number of aromatic amines is 1. The number of nitrogens with zero attached hydrogens (tertiary/aromatic N) is 4. The number of morpholine rings is 1. The first-order valence-electron chi connectivity index (χ1n) is 7.50. The van der Waals surface area contributed by atoms with Crippen LogP contribution in [0, 0.1) is 6.92 Å². The van der Waals surface area contributed by atoms with Crippen molar-refractivity contribution in [1.29, 1.82) is 0 Å². The summed E-state index contributed by atoms with van der Waals surface area (Å²) >= 11 is 0. The Hall–Kier alpha value is -1.66. The molecule has 3 heterocycles. The number of nitrogens with one attached hydrogen (secondary N) is 1. The second-order valence-electron chi connectivity index (χ2n) is 5.89. The molecule has 0 bridgehead atoms. The van der Waals surface area contributed by atoms with Crippen LogP contribution in [0.2, 0.25) is 0 Å². The Labute approximate surface area is 125 Å². The van der Waals surface area contributed by atoms with E-state index in [9.17, 15) is 0 Å². The fourth-order valence-corrected chi connectivity index (χ4v) is 2.74. The summed E-state index contributed by atoms with van der Waals surface area (Å²) in [6.45, 7) is 9.73. The molecule has 6 heteroatoms. The molecule has 1 aliphatic rings. The number of aromatic nitrogens is 4. The average molecular weight is 289 g/mol. The van der Waals surface area contributed by atoms with Crippen molar-refractivity contribution in [3.05, 3.63) is 35.9 Å². The number of aryl methyl sites for hydroxylation is 1. The summed E-state index contributed by atoms with van der Waals surface area (Å²) < 4.78 is 8.07. The van der Waals surface area contributed by atoms with E-state index in [2.05, 4.69) is 38.3 Å². The van der Waals surface area contributed by atoms with Gasteiger partial charge in [0, 0.05) is 43.4 Å². The number of H-pyrrole nitrogens is 1. The second kappa shape index (κ2) is 5.99. The third-order valence-electron chi connectivity index (χ3n) is 3.85. The molecule has 1 atom stereocenters. The SMILES string of the molecule is Cc1cnc([C@@H]2CN(Cc3nccn3C(C)C)CCO2)[nH]1. The lowest BCUT2D eigenvalue weighted by molar-refractivity contribution is -0.0379. The summed E-state index contributed by atoms with van der Waals surface area (Å²) in [6.07, 6.45) is 5.80. The Morgan fingerprint density at radius 1 is 1.43 bits per heavy atom. The van der Waals surface area contributed by atoms with Gasteiger partial charge in [-0.05, 0) is 20.8 Å². The highest BCUT2D eigenvalue weighted by Crippen LogP contribution is 2.21. The molecular weight excluding hydrogens is 266 g/mol. The van der Waals surface area contributed by atoms with Crippen molar-refractivity contribution < 1.29 is 4.74 Å². The molecule has 1 N–H and O–H groups in total. The van der Waals surface area contributed by atoms with E-state index >= 15 is 0 Å². The largest absolute Gasteiger partial charge is 0.368 e. The number of hydrogen-bond acceptors (Lipinski definition) is 4. The minimum Gasteiger partial charge on any atom is -0.368 e. The predicted molar refractivity (Wildman–Crippen MR) is 79.9 cm³/mol. The molecule has 3 rings (SSSR count). The monoisotopic (exact) mass is 289 g/mol.